The number of rotatable bonds is 6. The number of thioether (sulfide) groups is 2. The van der Waals surface area contributed by atoms with E-state index in [-0.39, 0.29) is 5.91 Å². The molecule has 1 atom stereocenters. The molecule has 4 nitrogen and oxygen atoms in total. The standard InChI is InChI=1S/C18H25NO3S2/c1-12(2)11-19-16(20)13(3)22-17(21)14-5-7-15(8-6-14)18-23-9-4-10-24-18/h5-8,12-13,18H,4,9-11H2,1-3H3,(H,19,20)/t13-/m1/s1. The molecule has 0 saturated carbocycles. The molecule has 1 fully saturated rings. The first-order valence-electron chi connectivity index (χ1n) is 8.29. The molecule has 0 aliphatic carbocycles. The highest BCUT2D eigenvalue weighted by Gasteiger charge is 2.20. The summed E-state index contributed by atoms with van der Waals surface area (Å²) in [5.74, 6) is 2.01. The molecule has 1 aromatic rings. The van der Waals surface area contributed by atoms with E-state index >= 15 is 0 Å². The van der Waals surface area contributed by atoms with Crippen LogP contribution in [0.1, 0.15) is 47.7 Å². The van der Waals surface area contributed by atoms with E-state index in [0.717, 1.165) is 0 Å². The second kappa shape index (κ2) is 9.37. The van der Waals surface area contributed by atoms with Crippen LogP contribution in [0.2, 0.25) is 0 Å². The molecule has 1 amide bonds. The van der Waals surface area contributed by atoms with Crippen molar-refractivity contribution in [2.45, 2.75) is 37.9 Å². The lowest BCUT2D eigenvalue weighted by Crippen LogP contribution is -2.37. The van der Waals surface area contributed by atoms with Gasteiger partial charge in [0.05, 0.1) is 10.1 Å². The molecule has 1 N–H and O–H groups in total. The van der Waals surface area contributed by atoms with Gasteiger partial charge in [-0.15, -0.1) is 23.5 Å². The summed E-state index contributed by atoms with van der Waals surface area (Å²) >= 11 is 3.89. The summed E-state index contributed by atoms with van der Waals surface area (Å²) in [6, 6.07) is 7.53. The summed E-state index contributed by atoms with van der Waals surface area (Å²) in [5.41, 5.74) is 1.71. The van der Waals surface area contributed by atoms with E-state index in [9.17, 15) is 9.59 Å². The van der Waals surface area contributed by atoms with E-state index in [1.54, 1.807) is 19.1 Å². The molecule has 1 aliphatic rings. The highest BCUT2D eigenvalue weighted by molar-refractivity contribution is 8.16. The van der Waals surface area contributed by atoms with Gasteiger partial charge in [-0.05, 0) is 48.5 Å². The van der Waals surface area contributed by atoms with E-state index in [2.05, 4.69) is 5.32 Å². The molecule has 1 aliphatic heterocycles. The second-order valence-corrected chi connectivity index (χ2v) is 8.96. The number of carbonyl (C=O) groups excluding carboxylic acids is 2. The molecule has 2 rings (SSSR count). The topological polar surface area (TPSA) is 55.4 Å². The molecule has 0 radical (unpaired) electrons. The van der Waals surface area contributed by atoms with Crippen LogP contribution < -0.4 is 5.32 Å². The molecular weight excluding hydrogens is 342 g/mol. The van der Waals surface area contributed by atoms with Crippen molar-refractivity contribution < 1.29 is 14.3 Å². The molecule has 0 unspecified atom stereocenters. The Morgan fingerprint density at radius 2 is 1.79 bits per heavy atom. The third-order valence-corrected chi connectivity index (χ3v) is 6.60. The van der Waals surface area contributed by atoms with Crippen molar-refractivity contribution in [3.8, 4) is 0 Å². The molecule has 1 aromatic carbocycles. The van der Waals surface area contributed by atoms with Gasteiger partial charge in [0.1, 0.15) is 0 Å². The number of benzene rings is 1. The molecule has 1 saturated heterocycles. The Balaban J connectivity index is 1.88. The maximum Gasteiger partial charge on any atom is 0.338 e. The zero-order valence-electron chi connectivity index (χ0n) is 14.4. The summed E-state index contributed by atoms with van der Waals surface area (Å²) in [4.78, 5) is 24.1. The van der Waals surface area contributed by atoms with Crippen molar-refractivity contribution in [1.82, 2.24) is 5.32 Å². The fourth-order valence-corrected chi connectivity index (χ4v) is 5.08. The Labute approximate surface area is 152 Å². The molecule has 1 heterocycles. The van der Waals surface area contributed by atoms with Crippen LogP contribution in [-0.4, -0.2) is 36.0 Å². The average Bonchev–Trinajstić information content (AvgIpc) is 2.60. The normalized spacial score (nSPS) is 16.7. The van der Waals surface area contributed by atoms with Gasteiger partial charge in [-0.25, -0.2) is 4.79 Å². The van der Waals surface area contributed by atoms with Gasteiger partial charge < -0.3 is 10.1 Å². The first kappa shape index (κ1) is 19.2. The number of hydrogen-bond donors (Lipinski definition) is 1. The predicted octanol–water partition coefficient (Wildman–Crippen LogP) is 3.87. The summed E-state index contributed by atoms with van der Waals surface area (Å²) in [7, 11) is 0. The van der Waals surface area contributed by atoms with Crippen LogP contribution in [0.15, 0.2) is 24.3 Å². The van der Waals surface area contributed by atoms with E-state index < -0.39 is 12.1 Å². The van der Waals surface area contributed by atoms with Crippen molar-refractivity contribution >= 4 is 35.4 Å². The van der Waals surface area contributed by atoms with Crippen LogP contribution in [0.25, 0.3) is 0 Å². The highest BCUT2D eigenvalue weighted by Crippen LogP contribution is 2.43. The van der Waals surface area contributed by atoms with Gasteiger partial charge in [-0.2, -0.15) is 0 Å². The van der Waals surface area contributed by atoms with Crippen LogP contribution in [0.4, 0.5) is 0 Å². The largest absolute Gasteiger partial charge is 0.449 e. The van der Waals surface area contributed by atoms with E-state index in [0.29, 0.717) is 22.6 Å². The number of nitrogens with one attached hydrogen (secondary N) is 1. The monoisotopic (exact) mass is 367 g/mol. The van der Waals surface area contributed by atoms with Crippen LogP contribution in [0, 0.1) is 5.92 Å². The molecule has 6 heteroatoms. The molecule has 24 heavy (non-hydrogen) atoms. The second-order valence-electron chi connectivity index (χ2n) is 6.24. The lowest BCUT2D eigenvalue weighted by molar-refractivity contribution is -0.129. The lowest BCUT2D eigenvalue weighted by Gasteiger charge is -2.21. The maximum atomic E-state index is 12.2. The van der Waals surface area contributed by atoms with Crippen molar-refractivity contribution in [2.75, 3.05) is 18.1 Å². The summed E-state index contributed by atoms with van der Waals surface area (Å²) < 4.78 is 5.70. The first-order chi connectivity index (χ1) is 11.5. The molecule has 0 aromatic heterocycles. The van der Waals surface area contributed by atoms with Gasteiger partial charge in [0.2, 0.25) is 0 Å². The van der Waals surface area contributed by atoms with Gasteiger partial charge in [0.15, 0.2) is 6.10 Å². The zero-order valence-corrected chi connectivity index (χ0v) is 16.0. The van der Waals surface area contributed by atoms with Crippen molar-refractivity contribution in [3.63, 3.8) is 0 Å². The Morgan fingerprint density at radius 3 is 2.38 bits per heavy atom. The molecule has 132 valence electrons. The van der Waals surface area contributed by atoms with Crippen molar-refractivity contribution in [3.05, 3.63) is 35.4 Å². The average molecular weight is 368 g/mol. The Bertz CT molecular complexity index is 554. The third kappa shape index (κ3) is 5.74. The number of amides is 1. The Hall–Kier alpha value is -1.14. The van der Waals surface area contributed by atoms with Crippen LogP contribution >= 0.6 is 23.5 Å². The predicted molar refractivity (Wildman–Crippen MR) is 101 cm³/mol. The molecule has 0 spiro atoms. The zero-order chi connectivity index (χ0) is 17.5. The number of carbonyl (C=O) groups is 2. The van der Waals surface area contributed by atoms with Crippen LogP contribution in [-0.2, 0) is 9.53 Å². The number of hydrogen-bond acceptors (Lipinski definition) is 5. The van der Waals surface area contributed by atoms with Gasteiger partial charge in [-0.3, -0.25) is 4.79 Å². The van der Waals surface area contributed by atoms with Crippen molar-refractivity contribution in [2.24, 2.45) is 5.92 Å². The van der Waals surface area contributed by atoms with Gasteiger partial charge in [0.25, 0.3) is 5.91 Å². The van der Waals surface area contributed by atoms with Gasteiger partial charge >= 0.3 is 5.97 Å². The Kier molecular flexibility index (Phi) is 7.49. The summed E-state index contributed by atoms with van der Waals surface area (Å²) in [6.07, 6.45) is 0.466. The summed E-state index contributed by atoms with van der Waals surface area (Å²) in [6.45, 7) is 6.20. The van der Waals surface area contributed by atoms with Crippen LogP contribution in [0.5, 0.6) is 0 Å². The van der Waals surface area contributed by atoms with Crippen LogP contribution in [0.3, 0.4) is 0 Å². The first-order valence-corrected chi connectivity index (χ1v) is 10.4. The van der Waals surface area contributed by atoms with E-state index in [4.69, 9.17) is 4.74 Å². The quantitative estimate of drug-likeness (QED) is 0.774. The molecule has 0 bridgehead atoms. The minimum Gasteiger partial charge on any atom is -0.449 e. The van der Waals surface area contributed by atoms with Gasteiger partial charge in [0, 0.05) is 6.54 Å². The highest BCUT2D eigenvalue weighted by atomic mass is 32.2. The fraction of sp³-hybridized carbons (Fsp3) is 0.556. The Morgan fingerprint density at radius 1 is 1.17 bits per heavy atom. The van der Waals surface area contributed by atoms with E-state index in [1.807, 2.05) is 49.5 Å². The summed E-state index contributed by atoms with van der Waals surface area (Å²) in [5, 5.41) is 2.77. The van der Waals surface area contributed by atoms with Gasteiger partial charge in [-0.1, -0.05) is 26.0 Å². The number of esters is 1. The smallest absolute Gasteiger partial charge is 0.338 e. The fourth-order valence-electron chi connectivity index (χ4n) is 2.19. The van der Waals surface area contributed by atoms with E-state index in [1.165, 1.54) is 23.5 Å². The number of ether oxygens (including phenoxy) is 1. The SMILES string of the molecule is CC(C)CNC(=O)[C@@H](C)OC(=O)c1ccc(C2SCCCS2)cc1. The van der Waals surface area contributed by atoms with Crippen molar-refractivity contribution in [1.29, 1.82) is 0 Å². The minimum absolute atomic E-state index is 0.260. The minimum atomic E-state index is -0.791. The maximum absolute atomic E-state index is 12.2. The molecular formula is C18H25NO3S2. The lowest BCUT2D eigenvalue weighted by atomic mass is 10.1. The third-order valence-electron chi connectivity index (χ3n) is 3.58.